The van der Waals surface area contributed by atoms with Crippen LogP contribution in [0.5, 0.6) is 0 Å². The molecule has 10 nitrogen and oxygen atoms in total. The molecule has 0 unspecified atom stereocenters. The van der Waals surface area contributed by atoms with Crippen molar-refractivity contribution in [1.29, 1.82) is 0 Å². The predicted molar refractivity (Wildman–Crippen MR) is 170 cm³/mol. The van der Waals surface area contributed by atoms with E-state index in [0.717, 1.165) is 26.9 Å². The van der Waals surface area contributed by atoms with Crippen molar-refractivity contribution in [2.24, 2.45) is 7.05 Å². The number of thiophene rings is 1. The quantitative estimate of drug-likeness (QED) is 0.280. The summed E-state index contributed by atoms with van der Waals surface area (Å²) in [5, 5.41) is 11.0. The first-order chi connectivity index (χ1) is 21.1. The minimum absolute atomic E-state index is 0.00611. The third-order valence-electron chi connectivity index (χ3n) is 7.78. The zero-order valence-electron chi connectivity index (χ0n) is 24.6. The number of hydrogen-bond donors (Lipinski definition) is 2. The van der Waals surface area contributed by atoms with Crippen LogP contribution in [0.25, 0.3) is 21.3 Å². The van der Waals surface area contributed by atoms with E-state index in [1.807, 2.05) is 36.2 Å². The summed E-state index contributed by atoms with van der Waals surface area (Å²) in [6, 6.07) is 17.2. The summed E-state index contributed by atoms with van der Waals surface area (Å²) in [5.41, 5.74) is 1.34. The molecule has 44 heavy (non-hydrogen) atoms. The average molecular weight is 612 g/mol. The number of carbonyl (C=O) groups is 2. The number of amides is 2. The van der Waals surface area contributed by atoms with Crippen molar-refractivity contribution in [3.05, 3.63) is 99.0 Å². The second-order valence-electron chi connectivity index (χ2n) is 10.8. The fourth-order valence-electron chi connectivity index (χ4n) is 5.24. The summed E-state index contributed by atoms with van der Waals surface area (Å²) < 4.78 is 18.1. The highest BCUT2D eigenvalue weighted by molar-refractivity contribution is 7.20. The van der Waals surface area contributed by atoms with Crippen LogP contribution in [0.15, 0.2) is 71.7 Å². The third kappa shape index (κ3) is 5.45. The van der Waals surface area contributed by atoms with E-state index in [9.17, 15) is 14.4 Å². The molecule has 1 aliphatic rings. The van der Waals surface area contributed by atoms with Gasteiger partial charge in [0.15, 0.2) is 5.82 Å². The van der Waals surface area contributed by atoms with Crippen molar-refractivity contribution < 1.29 is 14.0 Å². The molecule has 0 bridgehead atoms. The van der Waals surface area contributed by atoms with Gasteiger partial charge in [0.05, 0.1) is 16.3 Å². The number of anilines is 3. The highest BCUT2D eigenvalue weighted by atomic mass is 32.1. The molecule has 0 saturated carbocycles. The molecule has 1 aliphatic heterocycles. The van der Waals surface area contributed by atoms with Crippen molar-refractivity contribution in [2.75, 3.05) is 37.8 Å². The van der Waals surface area contributed by atoms with Gasteiger partial charge in [-0.15, -0.1) is 11.3 Å². The van der Waals surface area contributed by atoms with Crippen LogP contribution in [0, 0.1) is 12.7 Å². The maximum absolute atomic E-state index is 16.0. The van der Waals surface area contributed by atoms with Crippen LogP contribution in [0.1, 0.15) is 26.8 Å². The van der Waals surface area contributed by atoms with Crippen LogP contribution >= 0.6 is 11.3 Å². The number of nitrogens with one attached hydrogen (secondary N) is 2. The Hall–Kier alpha value is -4.94. The number of nitrogens with zero attached hydrogens (tertiary/aromatic N) is 5. The molecule has 3 aromatic heterocycles. The lowest BCUT2D eigenvalue weighted by Gasteiger charge is -2.36. The number of pyridine rings is 1. The smallest absolute Gasteiger partial charge is 0.290 e. The Morgan fingerprint density at radius 1 is 1.02 bits per heavy atom. The molecule has 224 valence electrons. The van der Waals surface area contributed by atoms with Crippen LogP contribution in [0.4, 0.5) is 21.6 Å². The van der Waals surface area contributed by atoms with E-state index >= 15 is 4.39 Å². The molecular weight excluding hydrogens is 581 g/mol. The maximum atomic E-state index is 16.0. The lowest BCUT2D eigenvalue weighted by Crippen LogP contribution is -2.49. The Morgan fingerprint density at radius 3 is 2.57 bits per heavy atom. The Bertz CT molecular complexity index is 1940. The Balaban J connectivity index is 1.27. The van der Waals surface area contributed by atoms with Crippen LogP contribution < -0.4 is 16.2 Å². The van der Waals surface area contributed by atoms with Gasteiger partial charge in [-0.1, -0.05) is 30.3 Å². The average Bonchev–Trinajstić information content (AvgIpc) is 3.45. The largest absolute Gasteiger partial charge is 0.343 e. The van der Waals surface area contributed by atoms with Gasteiger partial charge in [0.25, 0.3) is 11.5 Å². The maximum Gasteiger partial charge on any atom is 0.290 e. The molecular formula is C32H30FN7O3S. The number of piperazine rings is 1. The molecule has 2 N–H and O–H groups in total. The summed E-state index contributed by atoms with van der Waals surface area (Å²) in [4.78, 5) is 47.4. The van der Waals surface area contributed by atoms with E-state index in [0.29, 0.717) is 22.8 Å². The van der Waals surface area contributed by atoms with Gasteiger partial charge in [0, 0.05) is 43.6 Å². The Labute approximate surface area is 256 Å². The van der Waals surface area contributed by atoms with Crippen molar-refractivity contribution >= 4 is 50.4 Å². The molecule has 12 heteroatoms. The fourth-order valence-corrected chi connectivity index (χ4v) is 6.20. The molecule has 6 rings (SSSR count). The van der Waals surface area contributed by atoms with Gasteiger partial charge >= 0.3 is 0 Å². The molecule has 1 saturated heterocycles. The minimum Gasteiger partial charge on any atom is -0.343 e. The molecule has 2 aromatic carbocycles. The van der Waals surface area contributed by atoms with Crippen molar-refractivity contribution in [2.45, 2.75) is 13.0 Å². The first-order valence-corrected chi connectivity index (χ1v) is 14.8. The summed E-state index contributed by atoms with van der Waals surface area (Å²) in [6.45, 7) is 3.11. The van der Waals surface area contributed by atoms with E-state index in [4.69, 9.17) is 0 Å². The summed E-state index contributed by atoms with van der Waals surface area (Å²) in [7, 11) is 5.15. The van der Waals surface area contributed by atoms with Crippen LogP contribution in [0.3, 0.4) is 0 Å². The normalized spacial score (nSPS) is 15.5. The van der Waals surface area contributed by atoms with Gasteiger partial charge in [-0.25, -0.2) is 14.1 Å². The topological polar surface area (TPSA) is 112 Å². The predicted octanol–water partition coefficient (Wildman–Crippen LogP) is 4.95. The van der Waals surface area contributed by atoms with E-state index in [1.54, 1.807) is 55.4 Å². The first-order valence-electron chi connectivity index (χ1n) is 14.0. The number of rotatable bonds is 6. The SMILES string of the molecule is Cc1ccc(-c2cc(Nc3ccc([C@@H]4C(=O)N(C)CCN4C)cn3)c(=O)n(C)n2)c(F)c1NC(=O)c1cc2ccccc2s1. The number of hydrogen-bond acceptors (Lipinski definition) is 8. The van der Waals surface area contributed by atoms with Crippen molar-refractivity contribution in [1.82, 2.24) is 24.6 Å². The van der Waals surface area contributed by atoms with Crippen LogP contribution in [-0.4, -0.2) is 63.6 Å². The van der Waals surface area contributed by atoms with Gasteiger partial charge in [-0.2, -0.15) is 5.10 Å². The van der Waals surface area contributed by atoms with Gasteiger partial charge in [0.2, 0.25) is 5.91 Å². The van der Waals surface area contributed by atoms with E-state index < -0.39 is 23.3 Å². The molecule has 0 aliphatic carbocycles. The number of aryl methyl sites for hydroxylation is 2. The first kappa shape index (κ1) is 29.1. The molecule has 0 radical (unpaired) electrons. The molecule has 0 spiro atoms. The zero-order chi connectivity index (χ0) is 31.1. The van der Waals surface area contributed by atoms with Crippen LogP contribution in [0.2, 0.25) is 0 Å². The fraction of sp³-hybridized carbons (Fsp3) is 0.219. The van der Waals surface area contributed by atoms with Gasteiger partial charge in [0.1, 0.15) is 17.5 Å². The van der Waals surface area contributed by atoms with Gasteiger partial charge < -0.3 is 15.5 Å². The van der Waals surface area contributed by atoms with E-state index in [1.165, 1.54) is 24.5 Å². The molecule has 1 atom stereocenters. The van der Waals surface area contributed by atoms with Crippen LogP contribution in [-0.2, 0) is 11.8 Å². The van der Waals surface area contributed by atoms with Crippen molar-refractivity contribution in [3.63, 3.8) is 0 Å². The standard InChI is InChI=1S/C32H30FN7O3S/c1-18-9-11-21(27(33)28(18)36-30(41)25-15-19-7-5-6-8-24(19)44-25)22-16-23(31(42)40(4)37-22)35-26-12-10-20(17-34-26)29-32(43)39(3)14-13-38(29)2/h5-12,15-17,29H,13-14H2,1-4H3,(H,34,35)(H,36,41)/t29-/m1/s1. The summed E-state index contributed by atoms with van der Waals surface area (Å²) >= 11 is 1.33. The number of likely N-dealkylation sites (N-methyl/N-ethyl adjacent to an activating group) is 2. The molecule has 2 amide bonds. The number of fused-ring (bicyclic) bond motifs is 1. The highest BCUT2D eigenvalue weighted by Crippen LogP contribution is 2.32. The number of carbonyl (C=O) groups excluding carboxylic acids is 2. The third-order valence-corrected chi connectivity index (χ3v) is 8.90. The lowest BCUT2D eigenvalue weighted by molar-refractivity contribution is -0.139. The van der Waals surface area contributed by atoms with E-state index in [2.05, 4.69) is 20.7 Å². The van der Waals surface area contributed by atoms with Crippen molar-refractivity contribution in [3.8, 4) is 11.3 Å². The molecule has 5 aromatic rings. The Kier molecular flexibility index (Phi) is 7.70. The Morgan fingerprint density at radius 2 is 1.82 bits per heavy atom. The lowest BCUT2D eigenvalue weighted by atomic mass is 10.0. The van der Waals surface area contributed by atoms with Gasteiger partial charge in [-0.05, 0) is 60.8 Å². The number of aromatic nitrogens is 3. The highest BCUT2D eigenvalue weighted by Gasteiger charge is 2.32. The number of halogens is 1. The summed E-state index contributed by atoms with van der Waals surface area (Å²) in [6.07, 6.45) is 1.61. The van der Waals surface area contributed by atoms with Gasteiger partial charge in [-0.3, -0.25) is 19.3 Å². The molecule has 1 fully saturated rings. The second kappa shape index (κ2) is 11.6. The minimum atomic E-state index is -0.662. The molecule has 4 heterocycles. The zero-order valence-corrected chi connectivity index (χ0v) is 25.4. The number of benzene rings is 2. The summed E-state index contributed by atoms with van der Waals surface area (Å²) in [5.74, 6) is -0.704. The second-order valence-corrected chi connectivity index (χ2v) is 11.9. The monoisotopic (exact) mass is 611 g/mol. The van der Waals surface area contributed by atoms with E-state index in [-0.39, 0.29) is 28.5 Å².